The van der Waals surface area contributed by atoms with E-state index >= 15 is 0 Å². The number of thioether (sulfide) groups is 1. The molecule has 0 aromatic heterocycles. The fourth-order valence-corrected chi connectivity index (χ4v) is 1.47. The van der Waals surface area contributed by atoms with Gasteiger partial charge in [0, 0.05) is 13.6 Å². The van der Waals surface area contributed by atoms with Crippen molar-refractivity contribution in [2.24, 2.45) is 4.99 Å². The van der Waals surface area contributed by atoms with Gasteiger partial charge < -0.3 is 10.6 Å². The summed E-state index contributed by atoms with van der Waals surface area (Å²) in [6.45, 7) is 0.411. The molecule has 3 nitrogen and oxygen atoms in total. The number of guanidine groups is 1. The summed E-state index contributed by atoms with van der Waals surface area (Å²) in [4.78, 5) is 3.83. The third kappa shape index (κ3) is 12.3. The summed E-state index contributed by atoms with van der Waals surface area (Å²) >= 11 is 1.81. The highest BCUT2D eigenvalue weighted by Gasteiger charge is 2.03. The van der Waals surface area contributed by atoms with E-state index < -0.39 is 6.43 Å². The van der Waals surface area contributed by atoms with Crippen LogP contribution in [0.3, 0.4) is 0 Å². The van der Waals surface area contributed by atoms with Gasteiger partial charge in [-0.2, -0.15) is 11.8 Å². The zero-order chi connectivity index (χ0) is 11.5. The van der Waals surface area contributed by atoms with Crippen LogP contribution in [-0.4, -0.2) is 44.5 Å². The largest absolute Gasteiger partial charge is 0.356 e. The number of nitrogens with one attached hydrogen (secondary N) is 2. The molecule has 0 saturated carbocycles. The van der Waals surface area contributed by atoms with E-state index in [9.17, 15) is 8.78 Å². The summed E-state index contributed by atoms with van der Waals surface area (Å²) in [6.07, 6.45) is 1.87. The summed E-state index contributed by atoms with van der Waals surface area (Å²) < 4.78 is 23.7. The minimum Gasteiger partial charge on any atom is -0.356 e. The number of nitrogens with zero attached hydrogens (tertiary/aromatic N) is 1. The Morgan fingerprint density at radius 3 is 2.50 bits per heavy atom. The van der Waals surface area contributed by atoms with Crippen LogP contribution in [0.1, 0.15) is 12.8 Å². The van der Waals surface area contributed by atoms with Gasteiger partial charge in [-0.05, 0) is 24.9 Å². The normalized spacial score (nSPS) is 11.2. The number of hydrogen-bond acceptors (Lipinski definition) is 2. The molecule has 16 heavy (non-hydrogen) atoms. The van der Waals surface area contributed by atoms with Gasteiger partial charge in [0.1, 0.15) is 0 Å². The number of aliphatic imine (C=N–C) groups is 1. The van der Waals surface area contributed by atoms with Crippen molar-refractivity contribution in [1.29, 1.82) is 0 Å². The van der Waals surface area contributed by atoms with Crippen LogP contribution in [0.2, 0.25) is 0 Å². The molecule has 0 fully saturated rings. The zero-order valence-electron chi connectivity index (χ0n) is 9.63. The Morgan fingerprint density at radius 1 is 1.31 bits per heavy atom. The van der Waals surface area contributed by atoms with Crippen molar-refractivity contribution in [2.45, 2.75) is 19.3 Å². The van der Waals surface area contributed by atoms with E-state index in [4.69, 9.17) is 0 Å². The fourth-order valence-electron chi connectivity index (χ4n) is 0.973. The van der Waals surface area contributed by atoms with Gasteiger partial charge in [0.25, 0.3) is 6.43 Å². The van der Waals surface area contributed by atoms with Crippen molar-refractivity contribution >= 4 is 41.7 Å². The minimum atomic E-state index is -2.35. The van der Waals surface area contributed by atoms with Gasteiger partial charge in [0.2, 0.25) is 0 Å². The van der Waals surface area contributed by atoms with Gasteiger partial charge in [-0.1, -0.05) is 0 Å². The van der Waals surface area contributed by atoms with Gasteiger partial charge in [-0.3, -0.25) is 4.99 Å². The maximum atomic E-state index is 11.9. The van der Waals surface area contributed by atoms with Gasteiger partial charge in [-0.25, -0.2) is 8.78 Å². The Kier molecular flexibility index (Phi) is 15.4. The molecule has 0 radical (unpaired) electrons. The van der Waals surface area contributed by atoms with E-state index in [2.05, 4.69) is 21.9 Å². The monoisotopic (exact) mass is 367 g/mol. The first kappa shape index (κ1) is 18.6. The van der Waals surface area contributed by atoms with Gasteiger partial charge in [0.05, 0.1) is 6.54 Å². The Balaban J connectivity index is 0. The van der Waals surface area contributed by atoms with Crippen LogP contribution in [0.25, 0.3) is 0 Å². The topological polar surface area (TPSA) is 36.4 Å². The maximum absolute atomic E-state index is 11.9. The lowest BCUT2D eigenvalue weighted by Crippen LogP contribution is -2.40. The average molecular weight is 367 g/mol. The molecular formula is C9H20F2IN3S. The molecule has 0 amide bonds. The van der Waals surface area contributed by atoms with E-state index in [0.29, 0.717) is 5.96 Å². The first-order valence-electron chi connectivity index (χ1n) is 4.92. The Labute approximate surface area is 117 Å². The van der Waals surface area contributed by atoms with E-state index in [-0.39, 0.29) is 30.5 Å². The second kappa shape index (κ2) is 13.3. The van der Waals surface area contributed by atoms with Crippen molar-refractivity contribution in [3.63, 3.8) is 0 Å². The van der Waals surface area contributed by atoms with Gasteiger partial charge >= 0.3 is 0 Å². The molecule has 0 aliphatic heterocycles. The van der Waals surface area contributed by atoms with Gasteiger partial charge in [-0.15, -0.1) is 24.0 Å². The van der Waals surface area contributed by atoms with Crippen LogP contribution >= 0.6 is 35.7 Å². The molecule has 7 heteroatoms. The van der Waals surface area contributed by atoms with Crippen molar-refractivity contribution in [3.05, 3.63) is 0 Å². The summed E-state index contributed by atoms with van der Waals surface area (Å²) in [6, 6.07) is 0. The average Bonchev–Trinajstić information content (AvgIpc) is 2.22. The third-order valence-corrected chi connectivity index (χ3v) is 2.41. The van der Waals surface area contributed by atoms with Crippen molar-refractivity contribution < 1.29 is 8.78 Å². The van der Waals surface area contributed by atoms with Crippen LogP contribution in [0.15, 0.2) is 4.99 Å². The molecule has 0 rings (SSSR count). The highest BCUT2D eigenvalue weighted by molar-refractivity contribution is 14.0. The molecule has 0 aliphatic rings. The summed E-state index contributed by atoms with van der Waals surface area (Å²) in [7, 11) is 1.57. The van der Waals surface area contributed by atoms with E-state index in [0.717, 1.165) is 25.1 Å². The van der Waals surface area contributed by atoms with Crippen molar-refractivity contribution in [2.75, 3.05) is 32.1 Å². The molecule has 0 spiro atoms. The SMILES string of the molecule is CN=C(NCCCCSC)NCC(F)F.I. The van der Waals surface area contributed by atoms with Crippen LogP contribution in [0.5, 0.6) is 0 Å². The third-order valence-electron chi connectivity index (χ3n) is 1.72. The highest BCUT2D eigenvalue weighted by atomic mass is 127. The van der Waals surface area contributed by atoms with Crippen molar-refractivity contribution in [3.8, 4) is 0 Å². The zero-order valence-corrected chi connectivity index (χ0v) is 12.8. The number of halogens is 3. The number of hydrogen-bond donors (Lipinski definition) is 2. The fraction of sp³-hybridized carbons (Fsp3) is 0.889. The number of alkyl halides is 2. The first-order valence-corrected chi connectivity index (χ1v) is 6.31. The molecular weight excluding hydrogens is 347 g/mol. The van der Waals surface area contributed by atoms with Crippen LogP contribution in [0.4, 0.5) is 8.78 Å². The summed E-state index contributed by atoms with van der Waals surface area (Å²) in [5, 5.41) is 5.52. The van der Waals surface area contributed by atoms with Crippen LogP contribution in [-0.2, 0) is 0 Å². The Hall–Kier alpha value is 0.210. The predicted octanol–water partition coefficient (Wildman–Crippen LogP) is 2.18. The molecule has 0 bridgehead atoms. The predicted molar refractivity (Wildman–Crippen MR) is 78.4 cm³/mol. The molecule has 0 atom stereocenters. The Bertz CT molecular complexity index is 182. The quantitative estimate of drug-likeness (QED) is 0.314. The molecule has 98 valence electrons. The van der Waals surface area contributed by atoms with Gasteiger partial charge in [0.15, 0.2) is 5.96 Å². The second-order valence-electron chi connectivity index (χ2n) is 2.97. The Morgan fingerprint density at radius 2 is 2.00 bits per heavy atom. The van der Waals surface area contributed by atoms with E-state index in [1.807, 2.05) is 11.8 Å². The van der Waals surface area contributed by atoms with Crippen LogP contribution in [0, 0.1) is 0 Å². The highest BCUT2D eigenvalue weighted by Crippen LogP contribution is 1.97. The molecule has 0 heterocycles. The number of rotatable bonds is 7. The van der Waals surface area contributed by atoms with E-state index in [1.165, 1.54) is 0 Å². The van der Waals surface area contributed by atoms with Crippen LogP contribution < -0.4 is 10.6 Å². The minimum absolute atomic E-state index is 0. The van der Waals surface area contributed by atoms with E-state index in [1.54, 1.807) is 7.05 Å². The molecule has 0 aromatic rings. The molecule has 0 saturated heterocycles. The standard InChI is InChI=1S/C9H19F2N3S.HI/c1-12-9(14-7-8(10)11)13-5-3-4-6-15-2;/h8H,3-7H2,1-2H3,(H2,12,13,14);1H. The molecule has 2 N–H and O–H groups in total. The lowest BCUT2D eigenvalue weighted by atomic mass is 10.3. The smallest absolute Gasteiger partial charge is 0.255 e. The van der Waals surface area contributed by atoms with Crippen molar-refractivity contribution in [1.82, 2.24) is 10.6 Å². The first-order chi connectivity index (χ1) is 7.20. The maximum Gasteiger partial charge on any atom is 0.255 e. The second-order valence-corrected chi connectivity index (χ2v) is 3.96. The molecule has 0 aromatic carbocycles. The molecule has 0 aliphatic carbocycles. The molecule has 0 unspecified atom stereocenters. The summed E-state index contributed by atoms with van der Waals surface area (Å²) in [5.41, 5.74) is 0. The lowest BCUT2D eigenvalue weighted by molar-refractivity contribution is 0.152. The summed E-state index contributed by atoms with van der Waals surface area (Å²) in [5.74, 6) is 1.57. The number of unbranched alkanes of at least 4 members (excludes halogenated alkanes) is 1. The lowest BCUT2D eigenvalue weighted by Gasteiger charge is -2.10.